The fourth-order valence-electron chi connectivity index (χ4n) is 5.56. The second-order valence-electron chi connectivity index (χ2n) is 8.30. The van der Waals surface area contributed by atoms with Crippen molar-refractivity contribution in [2.45, 2.75) is 56.3 Å². The van der Waals surface area contributed by atoms with E-state index >= 15 is 0 Å². The number of halogens is 1. The molecule has 5 nitrogen and oxygen atoms in total. The van der Waals surface area contributed by atoms with Gasteiger partial charge >= 0.3 is 0 Å². The zero-order valence-electron chi connectivity index (χ0n) is 14.2. The summed E-state index contributed by atoms with van der Waals surface area (Å²) in [6.07, 6.45) is 6.96. The van der Waals surface area contributed by atoms with Crippen LogP contribution in [0.5, 0.6) is 0 Å². The SMILES string of the molecule is O=C(c1ccncc1)N1C[C@@H]2C[C@H]1CN2C(=O)C12CCC(F)(CC1)C2. The molecule has 25 heavy (non-hydrogen) atoms. The fraction of sp³-hybridized carbons (Fsp3) is 0.632. The van der Waals surface area contributed by atoms with Gasteiger partial charge in [-0.25, -0.2) is 4.39 Å². The third kappa shape index (κ3) is 2.15. The van der Waals surface area contributed by atoms with Crippen LogP contribution in [0.1, 0.15) is 48.9 Å². The van der Waals surface area contributed by atoms with Crippen LogP contribution in [0.25, 0.3) is 0 Å². The summed E-state index contributed by atoms with van der Waals surface area (Å²) in [5.74, 6) is 0.165. The minimum Gasteiger partial charge on any atom is -0.335 e. The largest absolute Gasteiger partial charge is 0.335 e. The zero-order valence-corrected chi connectivity index (χ0v) is 14.2. The number of alkyl halides is 1. The number of rotatable bonds is 2. The molecule has 2 amide bonds. The Kier molecular flexibility index (Phi) is 3.07. The van der Waals surface area contributed by atoms with E-state index in [4.69, 9.17) is 0 Å². The lowest BCUT2D eigenvalue weighted by Crippen LogP contribution is -2.53. The summed E-state index contributed by atoms with van der Waals surface area (Å²) in [5.41, 5.74) is -0.912. The maximum Gasteiger partial charge on any atom is 0.254 e. The van der Waals surface area contributed by atoms with Crippen LogP contribution in [0.15, 0.2) is 24.5 Å². The monoisotopic (exact) mass is 343 g/mol. The van der Waals surface area contributed by atoms with Crippen molar-refractivity contribution in [2.24, 2.45) is 5.41 Å². The van der Waals surface area contributed by atoms with Crippen molar-refractivity contribution in [3.05, 3.63) is 30.1 Å². The lowest BCUT2D eigenvalue weighted by molar-refractivity contribution is -0.144. The van der Waals surface area contributed by atoms with E-state index in [2.05, 4.69) is 4.98 Å². The molecule has 0 unspecified atom stereocenters. The third-order valence-electron chi connectivity index (χ3n) is 6.90. The molecule has 0 aromatic carbocycles. The van der Waals surface area contributed by atoms with Crippen LogP contribution >= 0.6 is 0 Å². The summed E-state index contributed by atoms with van der Waals surface area (Å²) in [7, 11) is 0. The molecule has 2 aliphatic carbocycles. The topological polar surface area (TPSA) is 53.5 Å². The van der Waals surface area contributed by atoms with Crippen LogP contribution < -0.4 is 0 Å². The molecule has 2 aliphatic heterocycles. The first kappa shape index (κ1) is 15.3. The second kappa shape index (κ2) is 5.02. The highest BCUT2D eigenvalue weighted by molar-refractivity contribution is 5.95. The molecule has 3 heterocycles. The van der Waals surface area contributed by atoms with E-state index in [0.29, 0.717) is 50.8 Å². The molecule has 4 fully saturated rings. The smallest absolute Gasteiger partial charge is 0.254 e. The number of hydrogen-bond donors (Lipinski definition) is 0. The van der Waals surface area contributed by atoms with Gasteiger partial charge in [0.2, 0.25) is 5.91 Å². The number of likely N-dealkylation sites (tertiary alicyclic amines) is 2. The van der Waals surface area contributed by atoms with Crippen molar-refractivity contribution >= 4 is 11.8 Å². The van der Waals surface area contributed by atoms with Gasteiger partial charge in [-0.3, -0.25) is 14.6 Å². The van der Waals surface area contributed by atoms with Crippen LogP contribution in [0, 0.1) is 5.41 Å². The number of carbonyl (C=O) groups excluding carboxylic acids is 2. The molecule has 2 saturated carbocycles. The van der Waals surface area contributed by atoms with Crippen molar-refractivity contribution in [1.29, 1.82) is 0 Å². The van der Waals surface area contributed by atoms with Crippen molar-refractivity contribution < 1.29 is 14.0 Å². The van der Waals surface area contributed by atoms with Gasteiger partial charge in [0.1, 0.15) is 5.67 Å². The average Bonchev–Trinajstić information content (AvgIpc) is 3.39. The number of nitrogens with zero attached hydrogens (tertiary/aromatic N) is 3. The summed E-state index contributed by atoms with van der Waals surface area (Å²) >= 11 is 0. The number of hydrogen-bond acceptors (Lipinski definition) is 3. The lowest BCUT2D eigenvalue weighted by Gasteiger charge is -2.38. The molecule has 132 valence electrons. The molecule has 2 atom stereocenters. The number of carbonyl (C=O) groups is 2. The second-order valence-corrected chi connectivity index (χ2v) is 8.30. The molecule has 4 aliphatic rings. The molecule has 4 bridgehead atoms. The molecule has 0 spiro atoms. The minimum absolute atomic E-state index is 0.0182. The van der Waals surface area contributed by atoms with Crippen molar-refractivity contribution in [2.75, 3.05) is 13.1 Å². The summed E-state index contributed by atoms with van der Waals surface area (Å²) in [6, 6.07) is 3.64. The zero-order chi connectivity index (χ0) is 17.2. The highest BCUT2D eigenvalue weighted by Gasteiger charge is 2.61. The summed E-state index contributed by atoms with van der Waals surface area (Å²) in [6.45, 7) is 1.19. The van der Waals surface area contributed by atoms with Gasteiger partial charge in [-0.15, -0.1) is 0 Å². The Hall–Kier alpha value is -1.98. The van der Waals surface area contributed by atoms with E-state index in [-0.39, 0.29) is 23.9 Å². The molecule has 0 radical (unpaired) electrons. The molecular formula is C19H22FN3O2. The Labute approximate surface area is 146 Å². The predicted molar refractivity (Wildman–Crippen MR) is 88.5 cm³/mol. The predicted octanol–water partition coefficient (Wildman–Crippen LogP) is 2.18. The first-order valence-electron chi connectivity index (χ1n) is 9.21. The summed E-state index contributed by atoms with van der Waals surface area (Å²) in [4.78, 5) is 33.6. The Morgan fingerprint density at radius 1 is 1.04 bits per heavy atom. The van der Waals surface area contributed by atoms with E-state index in [1.807, 2.05) is 9.80 Å². The van der Waals surface area contributed by atoms with E-state index in [1.165, 1.54) is 0 Å². The van der Waals surface area contributed by atoms with Gasteiger partial charge in [-0.1, -0.05) is 0 Å². The molecule has 6 heteroatoms. The van der Waals surface area contributed by atoms with Crippen LogP contribution in [0.4, 0.5) is 4.39 Å². The highest BCUT2D eigenvalue weighted by Crippen LogP contribution is 2.59. The van der Waals surface area contributed by atoms with Crippen molar-refractivity contribution in [3.63, 3.8) is 0 Å². The van der Waals surface area contributed by atoms with E-state index in [0.717, 1.165) is 6.42 Å². The number of aromatic nitrogens is 1. The summed E-state index contributed by atoms with van der Waals surface area (Å²) < 4.78 is 14.5. The Morgan fingerprint density at radius 2 is 1.68 bits per heavy atom. The first-order chi connectivity index (χ1) is 12.0. The van der Waals surface area contributed by atoms with Gasteiger partial charge < -0.3 is 9.80 Å². The maximum absolute atomic E-state index is 14.5. The van der Waals surface area contributed by atoms with Crippen LogP contribution in [0.3, 0.4) is 0 Å². The van der Waals surface area contributed by atoms with Crippen LogP contribution in [-0.4, -0.2) is 57.4 Å². The number of fused-ring (bicyclic) bond motifs is 4. The van der Waals surface area contributed by atoms with Crippen LogP contribution in [-0.2, 0) is 4.79 Å². The minimum atomic E-state index is -1.10. The quantitative estimate of drug-likeness (QED) is 0.827. The first-order valence-corrected chi connectivity index (χ1v) is 9.21. The lowest BCUT2D eigenvalue weighted by atomic mass is 9.82. The van der Waals surface area contributed by atoms with Gasteiger partial charge in [-0.2, -0.15) is 0 Å². The third-order valence-corrected chi connectivity index (χ3v) is 6.90. The van der Waals surface area contributed by atoms with Gasteiger partial charge in [0.05, 0.1) is 17.5 Å². The van der Waals surface area contributed by atoms with E-state index in [9.17, 15) is 14.0 Å². The van der Waals surface area contributed by atoms with Crippen molar-refractivity contribution in [1.82, 2.24) is 14.8 Å². The molecule has 5 rings (SSSR count). The average molecular weight is 343 g/mol. The van der Waals surface area contributed by atoms with Crippen molar-refractivity contribution in [3.8, 4) is 0 Å². The Balaban J connectivity index is 1.30. The van der Waals surface area contributed by atoms with E-state index < -0.39 is 11.1 Å². The molecule has 0 N–H and O–H groups in total. The maximum atomic E-state index is 14.5. The number of piperazine rings is 1. The molecule has 1 aromatic heterocycles. The van der Waals surface area contributed by atoms with Gasteiger partial charge in [-0.05, 0) is 50.7 Å². The normalized spacial score (nSPS) is 38.6. The molecule has 1 aromatic rings. The van der Waals surface area contributed by atoms with Crippen LogP contribution in [0.2, 0.25) is 0 Å². The Morgan fingerprint density at radius 3 is 2.24 bits per heavy atom. The standard InChI is InChI=1S/C19H22FN3O2/c20-19-5-3-18(12-19,4-6-19)17(25)23-11-14-9-15(23)10-22(14)16(24)13-1-7-21-8-2-13/h1-2,7-8,14-15H,3-6,9-12H2/t14-,15-,18?,19?/m0/s1. The van der Waals surface area contributed by atoms with E-state index in [1.54, 1.807) is 24.5 Å². The van der Waals surface area contributed by atoms with Gasteiger partial charge in [0, 0.05) is 31.0 Å². The highest BCUT2D eigenvalue weighted by atomic mass is 19.1. The number of pyridine rings is 1. The fourth-order valence-corrected chi connectivity index (χ4v) is 5.56. The molecular weight excluding hydrogens is 321 g/mol. The number of amides is 2. The van der Waals surface area contributed by atoms with Gasteiger partial charge in [0.15, 0.2) is 0 Å². The summed E-state index contributed by atoms with van der Waals surface area (Å²) in [5, 5.41) is 0. The Bertz CT molecular complexity index is 729. The van der Waals surface area contributed by atoms with Gasteiger partial charge in [0.25, 0.3) is 5.91 Å². The molecule has 2 saturated heterocycles.